The van der Waals surface area contributed by atoms with E-state index in [4.69, 9.17) is 16.3 Å². The van der Waals surface area contributed by atoms with Crippen LogP contribution < -0.4 is 10.1 Å². The number of aliphatic carboxylic acids is 1. The zero-order chi connectivity index (χ0) is 18.4. The highest BCUT2D eigenvalue weighted by molar-refractivity contribution is 6.30. The molecule has 25 heavy (non-hydrogen) atoms. The predicted molar refractivity (Wildman–Crippen MR) is 95.8 cm³/mol. The van der Waals surface area contributed by atoms with Crippen LogP contribution in [0, 0.1) is 5.92 Å². The number of halogens is 1. The Kier molecular flexibility index (Phi) is 6.42. The van der Waals surface area contributed by atoms with Gasteiger partial charge < -0.3 is 15.2 Å². The first-order valence-corrected chi connectivity index (χ1v) is 8.20. The number of nitrogens with one attached hydrogen (secondary N) is 1. The minimum absolute atomic E-state index is 0.330. The van der Waals surface area contributed by atoms with E-state index in [9.17, 15) is 14.7 Å². The summed E-state index contributed by atoms with van der Waals surface area (Å²) in [6, 6.07) is 12.7. The zero-order valence-electron chi connectivity index (χ0n) is 14.0. The van der Waals surface area contributed by atoms with Crippen molar-refractivity contribution in [3.05, 3.63) is 64.7 Å². The van der Waals surface area contributed by atoms with Crippen molar-refractivity contribution < 1.29 is 19.4 Å². The van der Waals surface area contributed by atoms with Crippen LogP contribution in [0.4, 0.5) is 0 Å². The molecule has 0 bridgehead atoms. The summed E-state index contributed by atoms with van der Waals surface area (Å²) in [6.07, 6.45) is 0.474. The second-order valence-electron chi connectivity index (χ2n) is 5.79. The highest BCUT2D eigenvalue weighted by Crippen LogP contribution is 2.20. The number of ether oxygens (including phenoxy) is 1. The fourth-order valence-corrected chi connectivity index (χ4v) is 2.69. The number of hydrogen-bond acceptors (Lipinski definition) is 3. The van der Waals surface area contributed by atoms with Gasteiger partial charge in [-0.25, -0.2) is 4.79 Å². The van der Waals surface area contributed by atoms with Gasteiger partial charge in [0.25, 0.3) is 0 Å². The minimum Gasteiger partial charge on any atom is -0.497 e. The van der Waals surface area contributed by atoms with Gasteiger partial charge in [-0.3, -0.25) is 4.79 Å². The maximum Gasteiger partial charge on any atom is 0.330 e. The smallest absolute Gasteiger partial charge is 0.330 e. The maximum atomic E-state index is 12.4. The van der Waals surface area contributed by atoms with E-state index in [1.807, 2.05) is 12.1 Å². The van der Waals surface area contributed by atoms with Gasteiger partial charge in [-0.15, -0.1) is 0 Å². The van der Waals surface area contributed by atoms with E-state index in [0.717, 1.165) is 5.56 Å². The van der Waals surface area contributed by atoms with Crippen molar-refractivity contribution in [1.29, 1.82) is 0 Å². The number of rotatable bonds is 7. The van der Waals surface area contributed by atoms with Gasteiger partial charge in [0.1, 0.15) is 5.75 Å². The molecule has 0 fully saturated rings. The van der Waals surface area contributed by atoms with Gasteiger partial charge in [-0.05, 0) is 41.8 Å². The Bertz CT molecular complexity index is 745. The molecule has 2 aromatic carbocycles. The van der Waals surface area contributed by atoms with Crippen LogP contribution in [0.5, 0.6) is 5.75 Å². The first kappa shape index (κ1) is 18.8. The molecule has 2 rings (SSSR count). The summed E-state index contributed by atoms with van der Waals surface area (Å²) in [5, 5.41) is 12.6. The molecule has 0 aliphatic rings. The van der Waals surface area contributed by atoms with E-state index in [1.165, 1.54) is 7.11 Å². The molecule has 0 saturated carbocycles. The molecular weight excluding hydrogens is 342 g/mol. The van der Waals surface area contributed by atoms with Gasteiger partial charge >= 0.3 is 5.97 Å². The standard InChI is InChI=1S/C19H20ClNO4/c1-12(10-13-4-3-5-15(20)11-13)18(22)21-17(19(23)24)14-6-8-16(25-2)9-7-14/h3-9,11-12,17H,10H2,1-2H3,(H,21,22)(H,23,24). The molecule has 6 heteroatoms. The quantitative estimate of drug-likeness (QED) is 0.791. The van der Waals surface area contributed by atoms with Crippen LogP contribution in [0.15, 0.2) is 48.5 Å². The van der Waals surface area contributed by atoms with E-state index < -0.39 is 17.9 Å². The third-order valence-electron chi connectivity index (χ3n) is 3.86. The molecule has 0 aliphatic heterocycles. The Labute approximate surface area is 151 Å². The van der Waals surface area contributed by atoms with Crippen LogP contribution in [0.3, 0.4) is 0 Å². The minimum atomic E-state index is -1.12. The SMILES string of the molecule is COc1ccc(C(NC(=O)C(C)Cc2cccc(Cl)c2)C(=O)O)cc1. The first-order chi connectivity index (χ1) is 11.9. The molecule has 2 atom stereocenters. The number of amides is 1. The molecule has 0 radical (unpaired) electrons. The molecular formula is C19H20ClNO4. The lowest BCUT2D eigenvalue weighted by Gasteiger charge is -2.18. The lowest BCUT2D eigenvalue weighted by molar-refractivity contribution is -0.142. The third kappa shape index (κ3) is 5.22. The monoisotopic (exact) mass is 361 g/mol. The lowest BCUT2D eigenvalue weighted by Crippen LogP contribution is -2.37. The summed E-state index contributed by atoms with van der Waals surface area (Å²) in [7, 11) is 1.53. The van der Waals surface area contributed by atoms with Gasteiger partial charge in [0, 0.05) is 10.9 Å². The third-order valence-corrected chi connectivity index (χ3v) is 4.10. The number of hydrogen-bond donors (Lipinski definition) is 2. The van der Waals surface area contributed by atoms with Crippen molar-refractivity contribution >= 4 is 23.5 Å². The Morgan fingerprint density at radius 3 is 2.44 bits per heavy atom. The topological polar surface area (TPSA) is 75.6 Å². The molecule has 0 aliphatic carbocycles. The van der Waals surface area contributed by atoms with E-state index in [2.05, 4.69) is 5.32 Å². The number of carboxylic acid groups (broad SMARTS) is 1. The molecule has 0 spiro atoms. The average Bonchev–Trinajstić information content (AvgIpc) is 2.59. The van der Waals surface area contributed by atoms with Crippen molar-refractivity contribution in [2.24, 2.45) is 5.92 Å². The van der Waals surface area contributed by atoms with Crippen LogP contribution >= 0.6 is 11.6 Å². The Balaban J connectivity index is 2.07. The van der Waals surface area contributed by atoms with Crippen molar-refractivity contribution in [3.8, 4) is 5.75 Å². The Morgan fingerprint density at radius 2 is 1.88 bits per heavy atom. The molecule has 2 N–H and O–H groups in total. The molecule has 1 amide bonds. The highest BCUT2D eigenvalue weighted by atomic mass is 35.5. The largest absolute Gasteiger partial charge is 0.497 e. The van der Waals surface area contributed by atoms with Crippen molar-refractivity contribution in [2.75, 3.05) is 7.11 Å². The maximum absolute atomic E-state index is 12.4. The van der Waals surface area contributed by atoms with Crippen molar-refractivity contribution in [3.63, 3.8) is 0 Å². The molecule has 2 aromatic rings. The normalized spacial score (nSPS) is 12.9. The van der Waals surface area contributed by atoms with Gasteiger partial charge in [0.15, 0.2) is 6.04 Å². The van der Waals surface area contributed by atoms with E-state index in [-0.39, 0.29) is 5.91 Å². The van der Waals surface area contributed by atoms with Crippen LogP contribution in [0.1, 0.15) is 24.1 Å². The second-order valence-corrected chi connectivity index (χ2v) is 6.22. The number of methoxy groups -OCH3 is 1. The number of carbonyl (C=O) groups is 2. The summed E-state index contributed by atoms with van der Waals surface area (Å²) in [5.74, 6) is -1.22. The molecule has 2 unspecified atom stereocenters. The number of carbonyl (C=O) groups excluding carboxylic acids is 1. The van der Waals surface area contributed by atoms with Gasteiger partial charge in [0.05, 0.1) is 7.11 Å². The summed E-state index contributed by atoms with van der Waals surface area (Å²) >= 11 is 5.95. The number of benzene rings is 2. The summed E-state index contributed by atoms with van der Waals surface area (Å²) in [4.78, 5) is 24.0. The van der Waals surface area contributed by atoms with Crippen LogP contribution in [-0.4, -0.2) is 24.1 Å². The fraction of sp³-hybridized carbons (Fsp3) is 0.263. The molecule has 0 heterocycles. The zero-order valence-corrected chi connectivity index (χ0v) is 14.8. The van der Waals surface area contributed by atoms with Crippen LogP contribution in [-0.2, 0) is 16.0 Å². The van der Waals surface area contributed by atoms with E-state index in [1.54, 1.807) is 43.3 Å². The Morgan fingerprint density at radius 1 is 1.20 bits per heavy atom. The van der Waals surface area contributed by atoms with Gasteiger partial charge in [-0.1, -0.05) is 42.8 Å². The summed E-state index contributed by atoms with van der Waals surface area (Å²) in [6.45, 7) is 1.75. The molecule has 132 valence electrons. The first-order valence-electron chi connectivity index (χ1n) is 7.82. The predicted octanol–water partition coefficient (Wildman–Crippen LogP) is 3.47. The van der Waals surface area contributed by atoms with Gasteiger partial charge in [0.2, 0.25) is 5.91 Å². The lowest BCUT2D eigenvalue weighted by atomic mass is 9.99. The van der Waals surface area contributed by atoms with Crippen LogP contribution in [0.25, 0.3) is 0 Å². The molecule has 0 saturated heterocycles. The average molecular weight is 362 g/mol. The molecule has 5 nitrogen and oxygen atoms in total. The summed E-state index contributed by atoms with van der Waals surface area (Å²) in [5.41, 5.74) is 1.41. The van der Waals surface area contributed by atoms with Gasteiger partial charge in [-0.2, -0.15) is 0 Å². The van der Waals surface area contributed by atoms with Crippen molar-refractivity contribution in [1.82, 2.24) is 5.32 Å². The fourth-order valence-electron chi connectivity index (χ4n) is 2.48. The van der Waals surface area contributed by atoms with E-state index in [0.29, 0.717) is 22.8 Å². The highest BCUT2D eigenvalue weighted by Gasteiger charge is 2.24. The molecule has 0 aromatic heterocycles. The van der Waals surface area contributed by atoms with E-state index >= 15 is 0 Å². The van der Waals surface area contributed by atoms with Crippen LogP contribution in [0.2, 0.25) is 5.02 Å². The number of carboxylic acids is 1. The second kappa shape index (κ2) is 8.53. The summed E-state index contributed by atoms with van der Waals surface area (Å²) < 4.78 is 5.06. The van der Waals surface area contributed by atoms with Crippen molar-refractivity contribution in [2.45, 2.75) is 19.4 Å². The Hall–Kier alpha value is -2.53.